The summed E-state index contributed by atoms with van der Waals surface area (Å²) >= 11 is 0. The highest BCUT2D eigenvalue weighted by atomic mass is 32.2. The summed E-state index contributed by atoms with van der Waals surface area (Å²) < 4.78 is 58.9. The maximum absolute atomic E-state index is 11.6. The lowest BCUT2D eigenvalue weighted by Gasteiger charge is -2.07. The maximum Gasteiger partial charge on any atom is 0.389 e. The van der Waals surface area contributed by atoms with Gasteiger partial charge in [0.1, 0.15) is 0 Å². The molecule has 0 aliphatic heterocycles. The predicted molar refractivity (Wildman–Crippen MR) is 46.1 cm³/mol. The number of hydrogen-bond donors (Lipinski definition) is 2. The van der Waals surface area contributed by atoms with Crippen molar-refractivity contribution in [3.05, 3.63) is 0 Å². The van der Waals surface area contributed by atoms with E-state index in [1.165, 1.54) is 0 Å². The summed E-state index contributed by atoms with van der Waals surface area (Å²) in [6.07, 6.45) is -5.82. The topological polar surface area (TPSA) is 72.2 Å². The molecule has 0 radical (unpaired) electrons. The van der Waals surface area contributed by atoms with Gasteiger partial charge in [-0.15, -0.1) is 0 Å². The van der Waals surface area contributed by atoms with Gasteiger partial charge in [-0.2, -0.15) is 13.2 Å². The highest BCUT2D eigenvalue weighted by Gasteiger charge is 2.27. The Kier molecular flexibility index (Phi) is 5.38. The quantitative estimate of drug-likeness (QED) is 0.690. The van der Waals surface area contributed by atoms with E-state index < -0.39 is 34.8 Å². The molecule has 0 aliphatic rings. The van der Waals surface area contributed by atoms with E-state index in [0.717, 1.165) is 0 Å². The molecular formula is C6H13F3N2O2S. The Hall–Kier alpha value is -0.340. The van der Waals surface area contributed by atoms with E-state index in [4.69, 9.17) is 5.73 Å². The molecule has 0 aliphatic carbocycles. The molecule has 0 amide bonds. The molecular weight excluding hydrogens is 221 g/mol. The van der Waals surface area contributed by atoms with Crippen LogP contribution in [0.5, 0.6) is 0 Å². The summed E-state index contributed by atoms with van der Waals surface area (Å²) in [6.45, 7) is 0.173. The van der Waals surface area contributed by atoms with Gasteiger partial charge in [0, 0.05) is 19.5 Å². The van der Waals surface area contributed by atoms with Gasteiger partial charge in [0.25, 0.3) is 0 Å². The highest BCUT2D eigenvalue weighted by molar-refractivity contribution is 7.89. The van der Waals surface area contributed by atoms with Crippen LogP contribution in [0.2, 0.25) is 0 Å². The standard InChI is InChI=1S/C6H13F3N2O2S/c7-6(8,9)2-1-5-14(12,13)11-4-3-10/h11H,1-5,10H2. The van der Waals surface area contributed by atoms with Crippen LogP contribution in [0.4, 0.5) is 13.2 Å². The molecule has 0 aromatic heterocycles. The van der Waals surface area contributed by atoms with Crippen molar-refractivity contribution in [2.75, 3.05) is 18.8 Å². The van der Waals surface area contributed by atoms with Crippen molar-refractivity contribution in [1.29, 1.82) is 0 Å². The van der Waals surface area contributed by atoms with Gasteiger partial charge in [-0.1, -0.05) is 0 Å². The Balaban J connectivity index is 3.78. The third-order valence-corrected chi connectivity index (χ3v) is 2.81. The first-order chi connectivity index (χ1) is 6.27. The largest absolute Gasteiger partial charge is 0.389 e. The molecule has 0 spiro atoms. The fraction of sp³-hybridized carbons (Fsp3) is 1.00. The van der Waals surface area contributed by atoms with Crippen LogP contribution in [0.1, 0.15) is 12.8 Å². The number of halogens is 3. The lowest BCUT2D eigenvalue weighted by atomic mass is 10.3. The minimum atomic E-state index is -4.30. The highest BCUT2D eigenvalue weighted by Crippen LogP contribution is 2.21. The normalized spacial score (nSPS) is 13.1. The van der Waals surface area contributed by atoms with E-state index in [-0.39, 0.29) is 13.1 Å². The molecule has 0 fully saturated rings. The molecule has 0 unspecified atom stereocenters. The molecule has 0 atom stereocenters. The first-order valence-electron chi connectivity index (χ1n) is 4.01. The average molecular weight is 234 g/mol. The second kappa shape index (κ2) is 5.52. The van der Waals surface area contributed by atoms with Gasteiger partial charge in [0.2, 0.25) is 10.0 Å². The molecule has 0 bridgehead atoms. The van der Waals surface area contributed by atoms with Gasteiger partial charge >= 0.3 is 6.18 Å². The fourth-order valence-electron chi connectivity index (χ4n) is 0.749. The Morgan fingerprint density at radius 3 is 2.29 bits per heavy atom. The van der Waals surface area contributed by atoms with Crippen molar-refractivity contribution in [1.82, 2.24) is 4.72 Å². The first kappa shape index (κ1) is 13.7. The minimum absolute atomic E-state index is 0.0500. The molecule has 3 N–H and O–H groups in total. The van der Waals surface area contributed by atoms with Crippen LogP contribution in [0.25, 0.3) is 0 Å². The van der Waals surface area contributed by atoms with Gasteiger partial charge in [-0.25, -0.2) is 13.1 Å². The first-order valence-corrected chi connectivity index (χ1v) is 5.66. The van der Waals surface area contributed by atoms with Gasteiger partial charge in [-0.05, 0) is 6.42 Å². The van der Waals surface area contributed by atoms with Crippen LogP contribution in [0.3, 0.4) is 0 Å². The summed E-state index contributed by atoms with van der Waals surface area (Å²) in [4.78, 5) is 0. The van der Waals surface area contributed by atoms with Crippen LogP contribution < -0.4 is 10.5 Å². The van der Waals surface area contributed by atoms with Crippen molar-refractivity contribution < 1.29 is 21.6 Å². The zero-order chi connectivity index (χ0) is 11.2. The van der Waals surface area contributed by atoms with Crippen molar-refractivity contribution in [2.45, 2.75) is 19.0 Å². The van der Waals surface area contributed by atoms with Crippen molar-refractivity contribution in [2.24, 2.45) is 5.73 Å². The summed E-state index contributed by atoms with van der Waals surface area (Å²) in [5.74, 6) is -0.521. The SMILES string of the molecule is NCCNS(=O)(=O)CCCC(F)(F)F. The zero-order valence-corrected chi connectivity index (χ0v) is 8.29. The number of hydrogen-bond acceptors (Lipinski definition) is 3. The number of sulfonamides is 1. The molecule has 14 heavy (non-hydrogen) atoms. The van der Waals surface area contributed by atoms with Gasteiger partial charge < -0.3 is 5.73 Å². The van der Waals surface area contributed by atoms with Gasteiger partial charge in [0.05, 0.1) is 5.75 Å². The van der Waals surface area contributed by atoms with Crippen LogP contribution in [-0.4, -0.2) is 33.4 Å². The molecule has 0 rings (SSSR count). The zero-order valence-electron chi connectivity index (χ0n) is 7.47. The fourth-order valence-corrected chi connectivity index (χ4v) is 1.85. The molecule has 0 aromatic carbocycles. The number of nitrogens with one attached hydrogen (secondary N) is 1. The molecule has 0 heterocycles. The van der Waals surface area contributed by atoms with Crippen LogP contribution in [-0.2, 0) is 10.0 Å². The van der Waals surface area contributed by atoms with Crippen molar-refractivity contribution in [3.63, 3.8) is 0 Å². The van der Waals surface area contributed by atoms with Crippen molar-refractivity contribution in [3.8, 4) is 0 Å². The summed E-state index contributed by atoms with van der Waals surface area (Å²) in [7, 11) is -3.60. The van der Waals surface area contributed by atoms with E-state index in [1.54, 1.807) is 0 Å². The molecule has 4 nitrogen and oxygen atoms in total. The van der Waals surface area contributed by atoms with Crippen molar-refractivity contribution >= 4 is 10.0 Å². The molecule has 0 saturated carbocycles. The monoisotopic (exact) mass is 234 g/mol. The summed E-state index contributed by atoms with van der Waals surface area (Å²) in [6, 6.07) is 0. The van der Waals surface area contributed by atoms with Gasteiger partial charge in [-0.3, -0.25) is 0 Å². The predicted octanol–water partition coefficient (Wildman–Crippen LogP) is 0.207. The third-order valence-electron chi connectivity index (χ3n) is 1.34. The van der Waals surface area contributed by atoms with E-state index in [9.17, 15) is 21.6 Å². The molecule has 86 valence electrons. The number of rotatable bonds is 6. The minimum Gasteiger partial charge on any atom is -0.329 e. The smallest absolute Gasteiger partial charge is 0.329 e. The molecule has 0 aromatic rings. The van der Waals surface area contributed by atoms with Crippen LogP contribution >= 0.6 is 0 Å². The summed E-state index contributed by atoms with van der Waals surface area (Å²) in [5, 5.41) is 0. The van der Waals surface area contributed by atoms with Crippen LogP contribution in [0, 0.1) is 0 Å². The van der Waals surface area contributed by atoms with E-state index >= 15 is 0 Å². The lowest BCUT2D eigenvalue weighted by molar-refractivity contribution is -0.134. The van der Waals surface area contributed by atoms with Gasteiger partial charge in [0.15, 0.2) is 0 Å². The van der Waals surface area contributed by atoms with Crippen LogP contribution in [0.15, 0.2) is 0 Å². The summed E-state index contributed by atoms with van der Waals surface area (Å²) in [5.41, 5.74) is 5.03. The van der Waals surface area contributed by atoms with E-state index in [0.29, 0.717) is 0 Å². The second-order valence-electron chi connectivity index (χ2n) is 2.72. The Bertz CT molecular complexity index is 250. The Morgan fingerprint density at radius 2 is 1.86 bits per heavy atom. The number of alkyl halides is 3. The molecule has 8 heteroatoms. The maximum atomic E-state index is 11.6. The third kappa shape index (κ3) is 8.27. The Labute approximate surface area is 80.7 Å². The van der Waals surface area contributed by atoms with E-state index in [1.807, 2.05) is 0 Å². The second-order valence-corrected chi connectivity index (χ2v) is 4.65. The lowest BCUT2D eigenvalue weighted by Crippen LogP contribution is -2.31. The molecule has 0 saturated heterocycles. The van der Waals surface area contributed by atoms with E-state index in [2.05, 4.69) is 4.72 Å². The number of nitrogens with two attached hydrogens (primary N) is 1. The average Bonchev–Trinajstić information content (AvgIpc) is 1.98. The Morgan fingerprint density at radius 1 is 1.29 bits per heavy atom.